The number of furan rings is 1. The van der Waals surface area contributed by atoms with E-state index in [1.54, 1.807) is 0 Å². The highest BCUT2D eigenvalue weighted by molar-refractivity contribution is 5.23. The monoisotopic (exact) mass is 251 g/mol. The Morgan fingerprint density at radius 2 is 2.28 bits per heavy atom. The maximum Gasteiger partial charge on any atom is 0.108 e. The summed E-state index contributed by atoms with van der Waals surface area (Å²) in [6, 6.07) is 2.60. The van der Waals surface area contributed by atoms with Crippen molar-refractivity contribution in [3.63, 3.8) is 0 Å². The Morgan fingerprint density at radius 1 is 1.39 bits per heavy atom. The third kappa shape index (κ3) is 3.85. The van der Waals surface area contributed by atoms with E-state index in [1.165, 1.54) is 37.0 Å². The van der Waals surface area contributed by atoms with E-state index in [4.69, 9.17) is 9.15 Å². The number of fused-ring (bicyclic) bond motifs is 1. The molecule has 0 radical (unpaired) electrons. The third-order valence-electron chi connectivity index (χ3n) is 3.55. The van der Waals surface area contributed by atoms with Gasteiger partial charge < -0.3 is 14.5 Å². The van der Waals surface area contributed by atoms with Gasteiger partial charge in [-0.2, -0.15) is 0 Å². The maximum absolute atomic E-state index is 5.56. The lowest BCUT2D eigenvalue weighted by molar-refractivity contribution is 0.128. The SMILES string of the molecule is CCCCOCCCNC1CCCc2occc21. The Bertz CT molecular complexity index is 335. The fourth-order valence-electron chi connectivity index (χ4n) is 2.50. The van der Waals surface area contributed by atoms with E-state index in [1.807, 2.05) is 6.26 Å². The molecule has 1 aromatic rings. The van der Waals surface area contributed by atoms with E-state index in [2.05, 4.69) is 18.3 Å². The number of unbranched alkanes of at least 4 members (excludes halogenated alkanes) is 1. The number of hydrogen-bond acceptors (Lipinski definition) is 3. The van der Waals surface area contributed by atoms with Crippen molar-refractivity contribution in [2.24, 2.45) is 0 Å². The van der Waals surface area contributed by atoms with Gasteiger partial charge in [0.15, 0.2) is 0 Å². The minimum absolute atomic E-state index is 0.489. The minimum Gasteiger partial charge on any atom is -0.469 e. The normalized spacial score (nSPS) is 18.8. The first-order valence-electron chi connectivity index (χ1n) is 7.29. The highest BCUT2D eigenvalue weighted by Crippen LogP contribution is 2.30. The van der Waals surface area contributed by atoms with Gasteiger partial charge in [0.05, 0.1) is 6.26 Å². The molecule has 1 unspecified atom stereocenters. The van der Waals surface area contributed by atoms with E-state index in [-0.39, 0.29) is 0 Å². The van der Waals surface area contributed by atoms with Crippen LogP contribution >= 0.6 is 0 Å². The second kappa shape index (κ2) is 7.59. The van der Waals surface area contributed by atoms with E-state index in [9.17, 15) is 0 Å². The summed E-state index contributed by atoms with van der Waals surface area (Å²) in [5.41, 5.74) is 1.37. The summed E-state index contributed by atoms with van der Waals surface area (Å²) in [6.07, 6.45) is 8.85. The van der Waals surface area contributed by atoms with Crippen molar-refractivity contribution in [1.29, 1.82) is 0 Å². The van der Waals surface area contributed by atoms with Crippen LogP contribution in [0.3, 0.4) is 0 Å². The summed E-state index contributed by atoms with van der Waals surface area (Å²) in [7, 11) is 0. The van der Waals surface area contributed by atoms with Gasteiger partial charge in [-0.3, -0.25) is 0 Å². The molecule has 1 aliphatic rings. The largest absolute Gasteiger partial charge is 0.469 e. The molecule has 3 nitrogen and oxygen atoms in total. The summed E-state index contributed by atoms with van der Waals surface area (Å²) >= 11 is 0. The van der Waals surface area contributed by atoms with Gasteiger partial charge in [-0.25, -0.2) is 0 Å². The van der Waals surface area contributed by atoms with Crippen LogP contribution in [0.5, 0.6) is 0 Å². The van der Waals surface area contributed by atoms with Gasteiger partial charge in [0.1, 0.15) is 5.76 Å². The predicted octanol–water partition coefficient (Wildman–Crippen LogP) is 3.45. The van der Waals surface area contributed by atoms with Crippen LogP contribution < -0.4 is 5.32 Å². The molecule has 2 rings (SSSR count). The smallest absolute Gasteiger partial charge is 0.108 e. The standard InChI is InChI=1S/C15H25NO2/c1-2-3-10-17-11-5-9-16-14-6-4-7-15-13(14)8-12-18-15/h8,12,14,16H,2-7,9-11H2,1H3. The highest BCUT2D eigenvalue weighted by Gasteiger charge is 2.21. The predicted molar refractivity (Wildman–Crippen MR) is 72.7 cm³/mol. The zero-order valence-electron chi connectivity index (χ0n) is 11.4. The van der Waals surface area contributed by atoms with Gasteiger partial charge in [-0.1, -0.05) is 13.3 Å². The van der Waals surface area contributed by atoms with Crippen LogP contribution in [0.1, 0.15) is 56.4 Å². The topological polar surface area (TPSA) is 34.4 Å². The molecule has 0 amide bonds. The summed E-state index contributed by atoms with van der Waals surface area (Å²) < 4.78 is 11.1. The molecule has 0 aromatic carbocycles. The Morgan fingerprint density at radius 3 is 3.17 bits per heavy atom. The third-order valence-corrected chi connectivity index (χ3v) is 3.55. The zero-order chi connectivity index (χ0) is 12.6. The summed E-state index contributed by atoms with van der Waals surface area (Å²) in [5.74, 6) is 1.18. The molecule has 1 atom stereocenters. The van der Waals surface area contributed by atoms with E-state index in [0.717, 1.165) is 32.6 Å². The first-order valence-corrected chi connectivity index (χ1v) is 7.29. The van der Waals surface area contributed by atoms with Crippen molar-refractivity contribution in [2.45, 2.75) is 51.5 Å². The average Bonchev–Trinajstić information content (AvgIpc) is 2.86. The van der Waals surface area contributed by atoms with Crippen molar-refractivity contribution in [1.82, 2.24) is 5.32 Å². The Labute approximate surface area is 110 Å². The minimum atomic E-state index is 0.489. The summed E-state index contributed by atoms with van der Waals surface area (Å²) in [4.78, 5) is 0. The average molecular weight is 251 g/mol. The van der Waals surface area contributed by atoms with Crippen LogP contribution in [0.2, 0.25) is 0 Å². The highest BCUT2D eigenvalue weighted by atomic mass is 16.5. The molecular formula is C15H25NO2. The molecular weight excluding hydrogens is 226 g/mol. The van der Waals surface area contributed by atoms with Gasteiger partial charge in [0.2, 0.25) is 0 Å². The molecule has 0 aliphatic heterocycles. The fourth-order valence-corrected chi connectivity index (χ4v) is 2.50. The maximum atomic E-state index is 5.56. The molecule has 1 aliphatic carbocycles. The van der Waals surface area contributed by atoms with Crippen LogP contribution in [0.25, 0.3) is 0 Å². The van der Waals surface area contributed by atoms with Gasteiger partial charge in [-0.05, 0) is 38.3 Å². The molecule has 0 saturated carbocycles. The van der Waals surface area contributed by atoms with Gasteiger partial charge in [0, 0.05) is 31.2 Å². The first-order chi connectivity index (χ1) is 8.92. The van der Waals surface area contributed by atoms with Crippen molar-refractivity contribution in [2.75, 3.05) is 19.8 Å². The zero-order valence-corrected chi connectivity index (χ0v) is 11.4. The fraction of sp³-hybridized carbons (Fsp3) is 0.733. The van der Waals surface area contributed by atoms with Gasteiger partial charge in [-0.15, -0.1) is 0 Å². The molecule has 0 bridgehead atoms. The number of ether oxygens (including phenoxy) is 1. The van der Waals surface area contributed by atoms with Crippen molar-refractivity contribution in [3.05, 3.63) is 23.7 Å². The number of nitrogens with one attached hydrogen (secondary N) is 1. The first kappa shape index (κ1) is 13.6. The molecule has 102 valence electrons. The molecule has 1 aromatic heterocycles. The molecule has 1 N–H and O–H groups in total. The van der Waals surface area contributed by atoms with Crippen LogP contribution in [0.4, 0.5) is 0 Å². The van der Waals surface area contributed by atoms with Crippen molar-refractivity contribution in [3.8, 4) is 0 Å². The molecule has 0 spiro atoms. The second-order valence-corrected chi connectivity index (χ2v) is 5.02. The number of aryl methyl sites for hydroxylation is 1. The van der Waals surface area contributed by atoms with E-state index in [0.29, 0.717) is 6.04 Å². The summed E-state index contributed by atoms with van der Waals surface area (Å²) in [6.45, 7) is 5.00. The molecule has 3 heteroatoms. The quantitative estimate of drug-likeness (QED) is 0.719. The van der Waals surface area contributed by atoms with Gasteiger partial charge >= 0.3 is 0 Å². The molecule has 1 heterocycles. The molecule has 0 saturated heterocycles. The second-order valence-electron chi connectivity index (χ2n) is 5.02. The number of rotatable bonds is 8. The van der Waals surface area contributed by atoms with Crippen LogP contribution in [0, 0.1) is 0 Å². The van der Waals surface area contributed by atoms with Crippen molar-refractivity contribution >= 4 is 0 Å². The molecule has 0 fully saturated rings. The van der Waals surface area contributed by atoms with E-state index < -0.39 is 0 Å². The van der Waals surface area contributed by atoms with E-state index >= 15 is 0 Å². The van der Waals surface area contributed by atoms with Crippen LogP contribution in [0.15, 0.2) is 16.7 Å². The van der Waals surface area contributed by atoms with Crippen molar-refractivity contribution < 1.29 is 9.15 Å². The lowest BCUT2D eigenvalue weighted by atomic mass is 9.93. The number of hydrogen-bond donors (Lipinski definition) is 1. The van der Waals surface area contributed by atoms with Gasteiger partial charge in [0.25, 0.3) is 0 Å². The lowest BCUT2D eigenvalue weighted by Crippen LogP contribution is -2.26. The van der Waals surface area contributed by atoms with Crippen LogP contribution in [-0.4, -0.2) is 19.8 Å². The Kier molecular flexibility index (Phi) is 5.75. The van der Waals surface area contributed by atoms with Crippen LogP contribution in [-0.2, 0) is 11.2 Å². The lowest BCUT2D eigenvalue weighted by Gasteiger charge is -2.22. The Hall–Kier alpha value is -0.800. The molecule has 18 heavy (non-hydrogen) atoms. The Balaban J connectivity index is 1.60. The summed E-state index contributed by atoms with van der Waals surface area (Å²) in [5, 5.41) is 3.61.